The molecule has 2 heterocycles. The van der Waals surface area contributed by atoms with Crippen molar-refractivity contribution in [1.29, 1.82) is 0 Å². The molecule has 28 heavy (non-hydrogen) atoms. The van der Waals surface area contributed by atoms with Crippen molar-refractivity contribution in [3.05, 3.63) is 38.6 Å². The zero-order valence-electron chi connectivity index (χ0n) is 16.5. The fraction of sp³-hybridized carbons (Fsp3) is 0.444. The Balaban J connectivity index is 2.16. The Morgan fingerprint density at radius 2 is 1.50 bits per heavy atom. The van der Waals surface area contributed by atoms with Crippen molar-refractivity contribution >= 4 is 35.9 Å². The molecule has 1 aromatic heterocycles. The molecule has 1 aliphatic heterocycles. The van der Waals surface area contributed by atoms with Gasteiger partial charge < -0.3 is 18.8 Å². The highest BCUT2D eigenvalue weighted by atomic mass is 35.5. The van der Waals surface area contributed by atoms with Gasteiger partial charge in [-0.1, -0.05) is 23.2 Å². The first-order valence-electron chi connectivity index (χ1n) is 8.58. The third kappa shape index (κ3) is 3.39. The van der Waals surface area contributed by atoms with Crippen LogP contribution in [0.15, 0.2) is 23.0 Å². The van der Waals surface area contributed by atoms with Gasteiger partial charge in [0.1, 0.15) is 27.2 Å². The smallest absolute Gasteiger partial charge is 0.495 e. The summed E-state index contributed by atoms with van der Waals surface area (Å²) < 4.78 is 23.7. The van der Waals surface area contributed by atoms with E-state index in [4.69, 9.17) is 42.0 Å². The van der Waals surface area contributed by atoms with Crippen LogP contribution in [0, 0.1) is 0 Å². The average Bonchev–Trinajstić information content (AvgIpc) is 2.84. The van der Waals surface area contributed by atoms with E-state index in [0.29, 0.717) is 17.1 Å². The monoisotopic (exact) mass is 426 g/mol. The molecule has 0 bridgehead atoms. The molecule has 0 amide bonds. The van der Waals surface area contributed by atoms with Crippen molar-refractivity contribution in [2.24, 2.45) is 0 Å². The lowest BCUT2D eigenvalue weighted by Gasteiger charge is -2.32. The molecule has 0 unspecified atom stereocenters. The van der Waals surface area contributed by atoms with Gasteiger partial charge >= 0.3 is 7.12 Å². The van der Waals surface area contributed by atoms with Crippen LogP contribution in [0.25, 0.3) is 5.69 Å². The molecule has 1 fully saturated rings. The lowest BCUT2D eigenvalue weighted by atomic mass is 9.85. The average molecular weight is 427 g/mol. The summed E-state index contributed by atoms with van der Waals surface area (Å²) in [6.07, 6.45) is 0. The summed E-state index contributed by atoms with van der Waals surface area (Å²) in [5.41, 5.74) is -0.960. The lowest BCUT2D eigenvalue weighted by molar-refractivity contribution is 0.00578. The highest BCUT2D eigenvalue weighted by Gasteiger charge is 2.52. The largest absolute Gasteiger partial charge is 0.516 e. The van der Waals surface area contributed by atoms with E-state index >= 15 is 0 Å². The van der Waals surface area contributed by atoms with Gasteiger partial charge in [-0.05, 0) is 33.8 Å². The third-order valence-electron chi connectivity index (χ3n) is 5.08. The molecule has 0 saturated carbocycles. The quantitative estimate of drug-likeness (QED) is 0.700. The maximum Gasteiger partial charge on any atom is 0.516 e. The van der Waals surface area contributed by atoms with Gasteiger partial charge in [-0.25, -0.2) is 0 Å². The van der Waals surface area contributed by atoms with E-state index in [-0.39, 0.29) is 15.7 Å². The van der Waals surface area contributed by atoms with Crippen LogP contribution >= 0.6 is 23.2 Å². The second-order valence-electron chi connectivity index (χ2n) is 7.35. The Hall–Kier alpha value is -1.74. The van der Waals surface area contributed by atoms with Gasteiger partial charge in [0, 0.05) is 12.1 Å². The zero-order valence-corrected chi connectivity index (χ0v) is 18.0. The van der Waals surface area contributed by atoms with E-state index in [1.54, 1.807) is 6.07 Å². The molecule has 0 atom stereocenters. The van der Waals surface area contributed by atoms with E-state index in [2.05, 4.69) is 5.10 Å². The van der Waals surface area contributed by atoms with Gasteiger partial charge in [0.2, 0.25) is 0 Å². The normalized spacial score (nSPS) is 17.6. The number of hydrogen-bond donors (Lipinski definition) is 0. The highest BCUT2D eigenvalue weighted by molar-refractivity contribution is 6.61. The van der Waals surface area contributed by atoms with E-state index < -0.39 is 23.9 Å². The molecule has 7 nitrogen and oxygen atoms in total. The number of nitrogens with zero attached hydrogens (tertiary/aromatic N) is 2. The maximum absolute atomic E-state index is 12.6. The van der Waals surface area contributed by atoms with Gasteiger partial charge in [0.15, 0.2) is 0 Å². The Morgan fingerprint density at radius 1 is 1.00 bits per heavy atom. The van der Waals surface area contributed by atoms with Gasteiger partial charge in [-0.3, -0.25) is 4.79 Å². The molecule has 0 spiro atoms. The Morgan fingerprint density at radius 3 is 1.96 bits per heavy atom. The predicted octanol–water partition coefficient (Wildman–Crippen LogP) is 2.86. The van der Waals surface area contributed by atoms with Gasteiger partial charge in [0.25, 0.3) is 5.56 Å². The minimum atomic E-state index is -0.748. The molecule has 1 saturated heterocycles. The Labute approximate surface area is 173 Å². The number of ether oxygens (including phenoxy) is 2. The second kappa shape index (κ2) is 7.26. The predicted molar refractivity (Wildman–Crippen MR) is 109 cm³/mol. The zero-order chi connectivity index (χ0) is 20.9. The molecular formula is C18H21BCl2N2O5. The summed E-state index contributed by atoms with van der Waals surface area (Å²) in [4.78, 5) is 12.6. The van der Waals surface area contributed by atoms with Crippen LogP contribution in [-0.4, -0.2) is 42.3 Å². The summed E-state index contributed by atoms with van der Waals surface area (Å²) in [5, 5.41) is 4.67. The molecule has 0 radical (unpaired) electrons. The number of halogens is 2. The molecule has 10 heteroatoms. The molecule has 150 valence electrons. The highest BCUT2D eigenvalue weighted by Crippen LogP contribution is 2.42. The first-order chi connectivity index (χ1) is 13.0. The SMILES string of the molecule is COc1cc(OC)c(Cl)c(-n2nc(B3OC(C)(C)C(C)(C)O3)ccc2=O)c1Cl. The van der Waals surface area contributed by atoms with Crippen molar-refractivity contribution in [1.82, 2.24) is 9.78 Å². The lowest BCUT2D eigenvalue weighted by Crippen LogP contribution is -2.41. The van der Waals surface area contributed by atoms with E-state index in [9.17, 15) is 4.79 Å². The third-order valence-corrected chi connectivity index (χ3v) is 5.81. The number of methoxy groups -OCH3 is 2. The van der Waals surface area contributed by atoms with Crippen molar-refractivity contribution in [2.75, 3.05) is 14.2 Å². The number of hydrogen-bond acceptors (Lipinski definition) is 6. The van der Waals surface area contributed by atoms with E-state index in [1.165, 1.54) is 26.4 Å². The summed E-state index contributed by atoms with van der Waals surface area (Å²) >= 11 is 12.9. The summed E-state index contributed by atoms with van der Waals surface area (Å²) in [6.45, 7) is 7.74. The molecule has 3 rings (SSSR count). The topological polar surface area (TPSA) is 71.8 Å². The van der Waals surface area contributed by atoms with Crippen molar-refractivity contribution in [3.8, 4) is 17.2 Å². The number of rotatable bonds is 4. The minimum absolute atomic E-state index is 0.133. The van der Waals surface area contributed by atoms with Crippen molar-refractivity contribution in [3.63, 3.8) is 0 Å². The van der Waals surface area contributed by atoms with Crippen molar-refractivity contribution in [2.45, 2.75) is 38.9 Å². The van der Waals surface area contributed by atoms with Crippen LogP contribution in [0.3, 0.4) is 0 Å². The molecule has 1 aliphatic rings. The van der Waals surface area contributed by atoms with Crippen LogP contribution < -0.4 is 20.6 Å². The Bertz CT molecular complexity index is 933. The van der Waals surface area contributed by atoms with Crippen LogP contribution in [0.4, 0.5) is 0 Å². The fourth-order valence-corrected chi connectivity index (χ4v) is 3.39. The van der Waals surface area contributed by atoms with E-state index in [0.717, 1.165) is 4.68 Å². The van der Waals surface area contributed by atoms with Crippen LogP contribution in [0.1, 0.15) is 27.7 Å². The fourth-order valence-electron chi connectivity index (χ4n) is 2.73. The molecule has 0 N–H and O–H groups in total. The first-order valence-corrected chi connectivity index (χ1v) is 9.34. The van der Waals surface area contributed by atoms with Gasteiger partial charge in [0.05, 0.1) is 31.0 Å². The van der Waals surface area contributed by atoms with Crippen molar-refractivity contribution < 1.29 is 18.8 Å². The first kappa shape index (κ1) is 21.0. The van der Waals surface area contributed by atoms with Gasteiger partial charge in [-0.15, -0.1) is 0 Å². The number of aromatic nitrogens is 2. The molecular weight excluding hydrogens is 406 g/mol. The minimum Gasteiger partial charge on any atom is -0.495 e. The molecule has 2 aromatic rings. The van der Waals surface area contributed by atoms with Crippen LogP contribution in [-0.2, 0) is 9.31 Å². The van der Waals surface area contributed by atoms with Gasteiger partial charge in [-0.2, -0.15) is 9.78 Å². The van der Waals surface area contributed by atoms with Crippen LogP contribution in [0.2, 0.25) is 10.0 Å². The maximum atomic E-state index is 12.6. The standard InChI is InChI=1S/C18H21BCl2N2O5/c1-17(2)18(3,4)28-19(27-17)12-7-8-13(24)23(22-12)16-14(20)10(25-5)9-11(26-6)15(16)21/h7-9H,1-6H3. The summed E-state index contributed by atoms with van der Waals surface area (Å²) in [7, 11) is 2.16. The number of benzene rings is 1. The molecule has 1 aromatic carbocycles. The van der Waals surface area contributed by atoms with E-state index in [1.807, 2.05) is 27.7 Å². The molecule has 0 aliphatic carbocycles. The summed E-state index contributed by atoms with van der Waals surface area (Å²) in [5.74, 6) is 0.598. The van der Waals surface area contributed by atoms with Crippen LogP contribution in [0.5, 0.6) is 11.5 Å². The second-order valence-corrected chi connectivity index (χ2v) is 8.11. The Kier molecular flexibility index (Phi) is 5.44. The summed E-state index contributed by atoms with van der Waals surface area (Å²) in [6, 6.07) is 4.45.